The number of urea groups is 1. The van der Waals surface area contributed by atoms with E-state index in [9.17, 15) is 15.1 Å². The molecule has 1 saturated carbocycles. The topological polar surface area (TPSA) is 88.4 Å². The maximum atomic E-state index is 12.8. The monoisotopic (exact) mass is 472 g/mol. The Morgan fingerprint density at radius 1 is 1.25 bits per heavy atom. The third kappa shape index (κ3) is 4.55. The number of hydrogen-bond donors (Lipinski definition) is 3. The summed E-state index contributed by atoms with van der Waals surface area (Å²) in [6, 6.07) is 10.7. The van der Waals surface area contributed by atoms with Crippen molar-refractivity contribution in [3.63, 3.8) is 0 Å². The molecular formula is C23H28N4O3S2. The third-order valence-electron chi connectivity index (χ3n) is 6.02. The van der Waals surface area contributed by atoms with Crippen LogP contribution in [-0.4, -0.2) is 53.9 Å². The Hall–Kier alpha value is -2.36. The van der Waals surface area contributed by atoms with Gasteiger partial charge in [0.1, 0.15) is 5.75 Å². The van der Waals surface area contributed by atoms with Crippen LogP contribution in [0.3, 0.4) is 0 Å². The van der Waals surface area contributed by atoms with Crippen molar-refractivity contribution in [2.24, 2.45) is 5.10 Å². The number of benzene rings is 2. The SMILES string of the molecule is CC1(C)SC(=S)N(/N=C\c2c(O)ccc3ccccc23)[C@H]1N(O)C(=O)NC1CCCCC1. The predicted octanol–water partition coefficient (Wildman–Crippen LogP) is 5.05. The van der Waals surface area contributed by atoms with Gasteiger partial charge in [-0.25, -0.2) is 9.80 Å². The first kappa shape index (κ1) is 22.8. The first-order valence-corrected chi connectivity index (χ1v) is 12.1. The van der Waals surface area contributed by atoms with E-state index < -0.39 is 16.9 Å². The molecule has 9 heteroatoms. The zero-order chi connectivity index (χ0) is 22.9. The first-order valence-electron chi connectivity index (χ1n) is 10.8. The molecule has 1 heterocycles. The summed E-state index contributed by atoms with van der Waals surface area (Å²) in [5.41, 5.74) is 0.551. The van der Waals surface area contributed by atoms with E-state index in [4.69, 9.17) is 12.2 Å². The van der Waals surface area contributed by atoms with Crippen molar-refractivity contribution in [2.45, 2.75) is 62.9 Å². The van der Waals surface area contributed by atoms with E-state index in [2.05, 4.69) is 10.4 Å². The second-order valence-corrected chi connectivity index (χ2v) is 11.1. The van der Waals surface area contributed by atoms with Crippen molar-refractivity contribution in [3.8, 4) is 5.75 Å². The van der Waals surface area contributed by atoms with Crippen LogP contribution in [0.5, 0.6) is 5.75 Å². The number of phenols is 1. The van der Waals surface area contributed by atoms with Gasteiger partial charge in [0.2, 0.25) is 0 Å². The van der Waals surface area contributed by atoms with Crippen LogP contribution in [0, 0.1) is 0 Å². The molecule has 3 N–H and O–H groups in total. The lowest BCUT2D eigenvalue weighted by Crippen LogP contribution is -2.57. The van der Waals surface area contributed by atoms with Gasteiger partial charge in [-0.3, -0.25) is 5.21 Å². The number of rotatable bonds is 4. The number of nitrogens with one attached hydrogen (secondary N) is 1. The molecule has 7 nitrogen and oxygen atoms in total. The number of hydrazone groups is 1. The summed E-state index contributed by atoms with van der Waals surface area (Å²) in [7, 11) is 0. The number of carbonyl (C=O) groups is 1. The molecular weight excluding hydrogens is 444 g/mol. The molecule has 1 saturated heterocycles. The lowest BCUT2D eigenvalue weighted by atomic mass is 9.96. The minimum absolute atomic E-state index is 0.0691. The second-order valence-electron chi connectivity index (χ2n) is 8.78. The molecule has 1 aliphatic carbocycles. The minimum Gasteiger partial charge on any atom is -0.507 e. The molecule has 2 amide bonds. The summed E-state index contributed by atoms with van der Waals surface area (Å²) in [4.78, 5) is 12.8. The van der Waals surface area contributed by atoms with Crippen molar-refractivity contribution >= 4 is 51.3 Å². The van der Waals surface area contributed by atoms with E-state index in [0.29, 0.717) is 14.9 Å². The number of carbonyl (C=O) groups excluding carboxylic acids is 1. The fourth-order valence-corrected chi connectivity index (χ4v) is 6.15. The molecule has 0 bridgehead atoms. The number of thioether (sulfide) groups is 1. The van der Waals surface area contributed by atoms with Gasteiger partial charge in [0, 0.05) is 11.6 Å². The van der Waals surface area contributed by atoms with Crippen molar-refractivity contribution in [1.82, 2.24) is 15.4 Å². The largest absolute Gasteiger partial charge is 0.507 e. The molecule has 4 rings (SSSR count). The van der Waals surface area contributed by atoms with E-state index in [1.165, 1.54) is 29.4 Å². The van der Waals surface area contributed by atoms with Gasteiger partial charge in [-0.1, -0.05) is 73.6 Å². The zero-order valence-electron chi connectivity index (χ0n) is 18.2. The summed E-state index contributed by atoms with van der Waals surface area (Å²) in [5, 5.41) is 32.8. The van der Waals surface area contributed by atoms with Gasteiger partial charge in [-0.2, -0.15) is 10.2 Å². The minimum atomic E-state index is -0.794. The number of hydroxylamine groups is 2. The van der Waals surface area contributed by atoms with Crippen LogP contribution < -0.4 is 5.32 Å². The van der Waals surface area contributed by atoms with Crippen LogP contribution in [0.1, 0.15) is 51.5 Å². The second kappa shape index (κ2) is 9.25. The molecule has 2 aromatic carbocycles. The van der Waals surface area contributed by atoms with E-state index >= 15 is 0 Å². The van der Waals surface area contributed by atoms with Crippen LogP contribution in [0.25, 0.3) is 10.8 Å². The molecule has 32 heavy (non-hydrogen) atoms. The van der Waals surface area contributed by atoms with Crippen LogP contribution in [0.2, 0.25) is 0 Å². The van der Waals surface area contributed by atoms with Crippen molar-refractivity contribution in [1.29, 1.82) is 0 Å². The number of hydrogen-bond acceptors (Lipinski definition) is 6. The standard InChI is InChI=1S/C23H28N4O3S2/c1-23(2)20(27(30)21(29)25-16-9-4-3-5-10-16)26(22(31)32-23)24-14-18-17-11-7-6-8-15(17)12-13-19(18)28/h6-8,11-14,16,20,28,30H,3-5,9-10H2,1-2H3,(H,25,29)/b24-14-/t20-/m0/s1. The van der Waals surface area contributed by atoms with Gasteiger partial charge in [0.15, 0.2) is 10.5 Å². The Labute approximate surface area is 197 Å². The van der Waals surface area contributed by atoms with Gasteiger partial charge in [-0.15, -0.1) is 0 Å². The molecule has 170 valence electrons. The van der Waals surface area contributed by atoms with Gasteiger partial charge in [0.25, 0.3) is 0 Å². The number of nitrogens with zero attached hydrogens (tertiary/aromatic N) is 3. The van der Waals surface area contributed by atoms with E-state index in [0.717, 1.165) is 36.5 Å². The molecule has 2 fully saturated rings. The molecule has 1 atom stereocenters. The lowest BCUT2D eigenvalue weighted by Gasteiger charge is -2.35. The third-order valence-corrected chi connectivity index (χ3v) is 7.56. The number of amides is 2. The Morgan fingerprint density at radius 2 is 1.97 bits per heavy atom. The highest BCUT2D eigenvalue weighted by molar-refractivity contribution is 8.24. The summed E-state index contributed by atoms with van der Waals surface area (Å²) >= 11 is 6.89. The fraction of sp³-hybridized carbons (Fsp3) is 0.435. The number of phenolic OH excluding ortho intramolecular Hbond substituents is 1. The van der Waals surface area contributed by atoms with E-state index in [-0.39, 0.29) is 11.8 Å². The maximum absolute atomic E-state index is 12.8. The van der Waals surface area contributed by atoms with Crippen LogP contribution in [0.4, 0.5) is 4.79 Å². The van der Waals surface area contributed by atoms with Crippen molar-refractivity contribution in [3.05, 3.63) is 42.0 Å². The smallest absolute Gasteiger partial charge is 0.343 e. The van der Waals surface area contributed by atoms with Crippen LogP contribution in [0.15, 0.2) is 41.5 Å². The van der Waals surface area contributed by atoms with Crippen molar-refractivity contribution < 1.29 is 15.1 Å². The number of aromatic hydroxyl groups is 1. The summed E-state index contributed by atoms with van der Waals surface area (Å²) < 4.78 is -0.145. The highest BCUT2D eigenvalue weighted by atomic mass is 32.2. The molecule has 2 aromatic rings. The van der Waals surface area contributed by atoms with Crippen LogP contribution in [-0.2, 0) is 0 Å². The molecule has 0 spiro atoms. The molecule has 0 aromatic heterocycles. The quantitative estimate of drug-likeness (QED) is 0.250. The van der Waals surface area contributed by atoms with E-state index in [1.807, 2.05) is 44.2 Å². The first-order chi connectivity index (χ1) is 15.3. The average Bonchev–Trinajstić information content (AvgIpc) is 3.00. The molecule has 0 radical (unpaired) electrons. The van der Waals surface area contributed by atoms with Gasteiger partial charge in [0.05, 0.1) is 11.0 Å². The highest BCUT2D eigenvalue weighted by Crippen LogP contribution is 2.42. The number of fused-ring (bicyclic) bond motifs is 1. The Bertz CT molecular complexity index is 1050. The summed E-state index contributed by atoms with van der Waals surface area (Å²) in [6.07, 6.45) is 5.92. The van der Waals surface area contributed by atoms with E-state index in [1.54, 1.807) is 6.07 Å². The number of thiocarbonyl (C=S) groups is 1. The van der Waals surface area contributed by atoms with Crippen molar-refractivity contribution in [2.75, 3.05) is 0 Å². The summed E-state index contributed by atoms with van der Waals surface area (Å²) in [5.74, 6) is 0.0944. The molecule has 1 aliphatic heterocycles. The predicted molar refractivity (Wildman–Crippen MR) is 132 cm³/mol. The Morgan fingerprint density at radius 3 is 2.72 bits per heavy atom. The lowest BCUT2D eigenvalue weighted by molar-refractivity contribution is -0.119. The fourth-order valence-electron chi connectivity index (χ4n) is 4.37. The van der Waals surface area contributed by atoms with Gasteiger partial charge in [-0.05, 0) is 43.5 Å². The Balaban J connectivity index is 1.60. The normalized spacial score (nSPS) is 21.4. The zero-order valence-corrected chi connectivity index (χ0v) is 19.8. The van der Waals surface area contributed by atoms with Gasteiger partial charge < -0.3 is 10.4 Å². The van der Waals surface area contributed by atoms with Crippen LogP contribution >= 0.6 is 24.0 Å². The maximum Gasteiger partial charge on any atom is 0.343 e. The molecule has 2 aliphatic rings. The molecule has 0 unspecified atom stereocenters. The average molecular weight is 473 g/mol. The summed E-state index contributed by atoms with van der Waals surface area (Å²) in [6.45, 7) is 3.83. The van der Waals surface area contributed by atoms with Gasteiger partial charge >= 0.3 is 6.03 Å². The highest BCUT2D eigenvalue weighted by Gasteiger charge is 2.50. The Kier molecular flexibility index (Phi) is 6.60.